The SMILES string of the molecule is Clc1ccc(CCCCSc2ccncn2)cc1. The Labute approximate surface area is 117 Å². The monoisotopic (exact) mass is 278 g/mol. The molecule has 1 aromatic carbocycles. The van der Waals surface area contributed by atoms with Crippen LogP contribution in [0.15, 0.2) is 47.9 Å². The summed E-state index contributed by atoms with van der Waals surface area (Å²) in [7, 11) is 0. The number of aryl methyl sites for hydroxylation is 1. The summed E-state index contributed by atoms with van der Waals surface area (Å²) < 4.78 is 0. The van der Waals surface area contributed by atoms with E-state index >= 15 is 0 Å². The predicted molar refractivity (Wildman–Crippen MR) is 77.1 cm³/mol. The molecule has 2 nitrogen and oxygen atoms in total. The van der Waals surface area contributed by atoms with Crippen molar-refractivity contribution in [3.05, 3.63) is 53.4 Å². The molecular formula is C14H15ClN2S. The van der Waals surface area contributed by atoms with E-state index in [1.807, 2.05) is 18.2 Å². The molecule has 0 atom stereocenters. The van der Waals surface area contributed by atoms with Crippen LogP contribution in [0.4, 0.5) is 0 Å². The lowest BCUT2D eigenvalue weighted by Gasteiger charge is -2.02. The molecule has 0 bridgehead atoms. The maximum atomic E-state index is 5.85. The first-order chi connectivity index (χ1) is 8.84. The van der Waals surface area contributed by atoms with Crippen molar-refractivity contribution in [2.45, 2.75) is 24.3 Å². The standard InChI is InChI=1S/C14H15ClN2S/c15-13-6-4-12(5-7-13)3-1-2-10-18-14-8-9-16-11-17-14/h4-9,11H,1-3,10H2. The zero-order chi connectivity index (χ0) is 12.6. The van der Waals surface area contributed by atoms with Crippen LogP contribution in [0.5, 0.6) is 0 Å². The van der Waals surface area contributed by atoms with E-state index in [4.69, 9.17) is 11.6 Å². The van der Waals surface area contributed by atoms with Crippen LogP contribution in [-0.4, -0.2) is 15.7 Å². The minimum Gasteiger partial charge on any atom is -0.245 e. The summed E-state index contributed by atoms with van der Waals surface area (Å²) in [6, 6.07) is 10.0. The molecule has 0 aliphatic carbocycles. The van der Waals surface area contributed by atoms with Gasteiger partial charge in [-0.25, -0.2) is 9.97 Å². The van der Waals surface area contributed by atoms with Crippen molar-refractivity contribution < 1.29 is 0 Å². The van der Waals surface area contributed by atoms with Crippen molar-refractivity contribution in [1.82, 2.24) is 9.97 Å². The summed E-state index contributed by atoms with van der Waals surface area (Å²) in [5.74, 6) is 1.10. The maximum Gasteiger partial charge on any atom is 0.116 e. The Kier molecular flexibility index (Phi) is 5.49. The molecule has 0 aliphatic heterocycles. The van der Waals surface area contributed by atoms with Crippen molar-refractivity contribution in [1.29, 1.82) is 0 Å². The van der Waals surface area contributed by atoms with Gasteiger partial charge in [-0.15, -0.1) is 11.8 Å². The van der Waals surface area contributed by atoms with Crippen molar-refractivity contribution in [3.63, 3.8) is 0 Å². The Balaban J connectivity index is 1.63. The lowest BCUT2D eigenvalue weighted by Crippen LogP contribution is -1.88. The third kappa shape index (κ3) is 4.67. The molecule has 0 radical (unpaired) electrons. The fraction of sp³-hybridized carbons (Fsp3) is 0.286. The quantitative estimate of drug-likeness (QED) is 0.449. The molecule has 0 amide bonds. The predicted octanol–water partition coefficient (Wildman–Crippen LogP) is 4.25. The topological polar surface area (TPSA) is 25.8 Å². The van der Waals surface area contributed by atoms with Gasteiger partial charge >= 0.3 is 0 Å². The average Bonchev–Trinajstić information content (AvgIpc) is 2.42. The number of unbranched alkanes of at least 4 members (excludes halogenated alkanes) is 1. The highest BCUT2D eigenvalue weighted by Crippen LogP contribution is 2.17. The number of hydrogen-bond donors (Lipinski definition) is 0. The fourth-order valence-corrected chi connectivity index (χ4v) is 2.59. The average molecular weight is 279 g/mol. The van der Waals surface area contributed by atoms with E-state index in [2.05, 4.69) is 22.1 Å². The minimum absolute atomic E-state index is 0.804. The number of hydrogen-bond acceptors (Lipinski definition) is 3. The van der Waals surface area contributed by atoms with Gasteiger partial charge in [0.05, 0.1) is 5.03 Å². The number of halogens is 1. The van der Waals surface area contributed by atoms with E-state index in [9.17, 15) is 0 Å². The largest absolute Gasteiger partial charge is 0.245 e. The molecule has 18 heavy (non-hydrogen) atoms. The molecule has 2 rings (SSSR count). The van der Waals surface area contributed by atoms with Gasteiger partial charge in [-0.3, -0.25) is 0 Å². The molecule has 94 valence electrons. The van der Waals surface area contributed by atoms with Gasteiger partial charge in [-0.2, -0.15) is 0 Å². The van der Waals surface area contributed by atoms with Gasteiger partial charge in [0, 0.05) is 11.2 Å². The second-order valence-corrected chi connectivity index (χ2v) is 5.53. The smallest absolute Gasteiger partial charge is 0.116 e. The molecular weight excluding hydrogens is 264 g/mol. The molecule has 1 heterocycles. The normalized spacial score (nSPS) is 10.5. The number of aromatic nitrogens is 2. The second kappa shape index (κ2) is 7.39. The first-order valence-electron chi connectivity index (χ1n) is 5.98. The number of rotatable bonds is 6. The molecule has 0 aliphatic rings. The van der Waals surface area contributed by atoms with E-state index < -0.39 is 0 Å². The van der Waals surface area contributed by atoms with Gasteiger partial charge < -0.3 is 0 Å². The van der Waals surface area contributed by atoms with E-state index in [0.29, 0.717) is 0 Å². The molecule has 0 fully saturated rings. The van der Waals surface area contributed by atoms with Gasteiger partial charge in [-0.05, 0) is 48.8 Å². The zero-order valence-electron chi connectivity index (χ0n) is 10.1. The summed E-state index contributed by atoms with van der Waals surface area (Å²) in [6.07, 6.45) is 6.87. The van der Waals surface area contributed by atoms with Gasteiger partial charge in [-0.1, -0.05) is 23.7 Å². The van der Waals surface area contributed by atoms with Gasteiger partial charge in [0.2, 0.25) is 0 Å². The number of nitrogens with zero attached hydrogens (tertiary/aromatic N) is 2. The summed E-state index contributed by atoms with van der Waals surface area (Å²) in [5, 5.41) is 1.86. The first-order valence-corrected chi connectivity index (χ1v) is 7.34. The van der Waals surface area contributed by atoms with Gasteiger partial charge in [0.1, 0.15) is 6.33 Å². The first kappa shape index (κ1) is 13.4. The van der Waals surface area contributed by atoms with Crippen molar-refractivity contribution in [2.75, 3.05) is 5.75 Å². The highest BCUT2D eigenvalue weighted by Gasteiger charge is 1.96. The van der Waals surface area contributed by atoms with E-state index in [0.717, 1.165) is 22.2 Å². The lowest BCUT2D eigenvalue weighted by molar-refractivity contribution is 0.802. The molecule has 2 aromatic rings. The van der Waals surface area contributed by atoms with Crippen LogP contribution in [0.25, 0.3) is 0 Å². The van der Waals surface area contributed by atoms with Crippen LogP contribution in [0.1, 0.15) is 18.4 Å². The Morgan fingerprint density at radius 1 is 1.06 bits per heavy atom. The van der Waals surface area contributed by atoms with Crippen LogP contribution in [-0.2, 0) is 6.42 Å². The van der Waals surface area contributed by atoms with E-state index in [1.165, 1.54) is 18.4 Å². The van der Waals surface area contributed by atoms with Crippen molar-refractivity contribution in [2.24, 2.45) is 0 Å². The maximum absolute atomic E-state index is 5.85. The second-order valence-electron chi connectivity index (χ2n) is 3.98. The van der Waals surface area contributed by atoms with Crippen LogP contribution in [0.3, 0.4) is 0 Å². The van der Waals surface area contributed by atoms with Gasteiger partial charge in [0.25, 0.3) is 0 Å². The molecule has 0 saturated carbocycles. The molecule has 0 spiro atoms. The molecule has 0 saturated heterocycles. The van der Waals surface area contributed by atoms with E-state index in [-0.39, 0.29) is 0 Å². The van der Waals surface area contributed by atoms with Crippen LogP contribution in [0.2, 0.25) is 5.02 Å². The Bertz CT molecular complexity index is 459. The summed E-state index contributed by atoms with van der Waals surface area (Å²) in [5.41, 5.74) is 1.35. The Hall–Kier alpha value is -1.06. The zero-order valence-corrected chi connectivity index (χ0v) is 11.6. The lowest BCUT2D eigenvalue weighted by atomic mass is 10.1. The molecule has 0 unspecified atom stereocenters. The van der Waals surface area contributed by atoms with Crippen molar-refractivity contribution >= 4 is 23.4 Å². The fourth-order valence-electron chi connectivity index (χ4n) is 1.62. The minimum atomic E-state index is 0.804. The van der Waals surface area contributed by atoms with Crippen LogP contribution < -0.4 is 0 Å². The van der Waals surface area contributed by atoms with Crippen LogP contribution in [0, 0.1) is 0 Å². The number of thioether (sulfide) groups is 1. The van der Waals surface area contributed by atoms with Crippen LogP contribution >= 0.6 is 23.4 Å². The summed E-state index contributed by atoms with van der Waals surface area (Å²) >= 11 is 7.63. The van der Waals surface area contributed by atoms with Gasteiger partial charge in [0.15, 0.2) is 0 Å². The Morgan fingerprint density at radius 2 is 1.89 bits per heavy atom. The Morgan fingerprint density at radius 3 is 2.61 bits per heavy atom. The third-order valence-electron chi connectivity index (χ3n) is 2.58. The van der Waals surface area contributed by atoms with Crippen molar-refractivity contribution in [3.8, 4) is 0 Å². The molecule has 4 heteroatoms. The number of benzene rings is 1. The third-order valence-corrected chi connectivity index (χ3v) is 3.86. The molecule has 0 N–H and O–H groups in total. The highest BCUT2D eigenvalue weighted by atomic mass is 35.5. The summed E-state index contributed by atoms with van der Waals surface area (Å²) in [6.45, 7) is 0. The highest BCUT2D eigenvalue weighted by molar-refractivity contribution is 7.99. The molecule has 1 aromatic heterocycles. The summed E-state index contributed by atoms with van der Waals surface area (Å²) in [4.78, 5) is 8.08. The van der Waals surface area contributed by atoms with E-state index in [1.54, 1.807) is 24.3 Å².